The molecular weight excluding hydrogens is 333 g/mol. The molecule has 0 aliphatic rings. The lowest BCUT2D eigenvalue weighted by Crippen LogP contribution is -2.23. The second-order valence-electron chi connectivity index (χ2n) is 5.20. The summed E-state index contributed by atoms with van der Waals surface area (Å²) < 4.78 is 16.4. The Balaban J connectivity index is 2.11. The highest BCUT2D eigenvalue weighted by Gasteiger charge is 2.14. The number of aryl methyl sites for hydroxylation is 2. The van der Waals surface area contributed by atoms with Crippen molar-refractivity contribution < 1.29 is 4.39 Å². The van der Waals surface area contributed by atoms with E-state index in [1.54, 1.807) is 6.07 Å². The molecule has 21 heavy (non-hydrogen) atoms. The normalized spacial score (nSPS) is 12.6. The predicted molar refractivity (Wildman–Crippen MR) is 86.7 cm³/mol. The Labute approximate surface area is 133 Å². The van der Waals surface area contributed by atoms with E-state index in [4.69, 9.17) is 0 Å². The second-order valence-corrected chi connectivity index (χ2v) is 6.12. The first-order valence-corrected chi connectivity index (χ1v) is 8.05. The number of halogens is 2. The van der Waals surface area contributed by atoms with Crippen LogP contribution in [0.5, 0.6) is 0 Å². The molecule has 1 atom stereocenters. The summed E-state index contributed by atoms with van der Waals surface area (Å²) in [5.74, 6) is 0.841. The summed E-state index contributed by atoms with van der Waals surface area (Å²) in [6.45, 7) is 3.05. The topological polar surface area (TPSA) is 29.9 Å². The predicted octanol–water partition coefficient (Wildman–Crippen LogP) is 4.00. The van der Waals surface area contributed by atoms with Crippen LogP contribution in [0.3, 0.4) is 0 Å². The van der Waals surface area contributed by atoms with E-state index < -0.39 is 0 Å². The van der Waals surface area contributed by atoms with Crippen LogP contribution >= 0.6 is 15.9 Å². The van der Waals surface area contributed by atoms with Crippen LogP contribution in [0.25, 0.3) is 0 Å². The van der Waals surface area contributed by atoms with Gasteiger partial charge in [0.15, 0.2) is 0 Å². The highest BCUT2D eigenvalue weighted by molar-refractivity contribution is 9.10. The zero-order chi connectivity index (χ0) is 15.2. The Morgan fingerprint density at radius 2 is 2.19 bits per heavy atom. The number of imidazole rings is 1. The summed E-state index contributed by atoms with van der Waals surface area (Å²) in [7, 11) is 2.00. The zero-order valence-corrected chi connectivity index (χ0v) is 14.0. The molecule has 0 saturated heterocycles. The molecule has 5 heteroatoms. The van der Waals surface area contributed by atoms with E-state index in [0.29, 0.717) is 0 Å². The molecule has 0 radical (unpaired) electrons. The van der Waals surface area contributed by atoms with Gasteiger partial charge in [0.2, 0.25) is 0 Å². The first kappa shape index (κ1) is 16.2. The Hall–Kier alpha value is -1.20. The second kappa shape index (κ2) is 7.71. The van der Waals surface area contributed by atoms with Crippen molar-refractivity contribution in [2.24, 2.45) is 7.05 Å². The van der Waals surface area contributed by atoms with E-state index in [1.165, 1.54) is 6.07 Å². The molecule has 114 valence electrons. The number of hydrogen-bond acceptors (Lipinski definition) is 2. The lowest BCUT2D eigenvalue weighted by Gasteiger charge is -2.19. The van der Waals surface area contributed by atoms with Crippen LogP contribution in [0.15, 0.2) is 35.1 Å². The molecule has 3 nitrogen and oxygen atoms in total. The van der Waals surface area contributed by atoms with Crippen molar-refractivity contribution in [3.8, 4) is 0 Å². The lowest BCUT2D eigenvalue weighted by atomic mass is 10.0. The molecule has 0 spiro atoms. The molecule has 1 aromatic heterocycles. The summed E-state index contributed by atoms with van der Waals surface area (Å²) in [5, 5.41) is 3.50. The van der Waals surface area contributed by atoms with E-state index in [2.05, 4.69) is 33.2 Å². The van der Waals surface area contributed by atoms with Crippen molar-refractivity contribution in [2.75, 3.05) is 6.54 Å². The number of hydrogen-bond donors (Lipinski definition) is 1. The van der Waals surface area contributed by atoms with Gasteiger partial charge < -0.3 is 9.88 Å². The first-order valence-electron chi connectivity index (χ1n) is 7.25. The fourth-order valence-electron chi connectivity index (χ4n) is 2.39. The molecule has 0 saturated carbocycles. The Morgan fingerprint density at radius 1 is 1.38 bits per heavy atom. The average Bonchev–Trinajstić information content (AvgIpc) is 2.83. The minimum Gasteiger partial charge on any atom is -0.338 e. The van der Waals surface area contributed by atoms with E-state index in [9.17, 15) is 4.39 Å². The van der Waals surface area contributed by atoms with Gasteiger partial charge >= 0.3 is 0 Å². The zero-order valence-electron chi connectivity index (χ0n) is 12.4. The molecule has 1 aromatic carbocycles. The van der Waals surface area contributed by atoms with E-state index in [1.807, 2.05) is 30.1 Å². The summed E-state index contributed by atoms with van der Waals surface area (Å²) in [4.78, 5) is 4.35. The lowest BCUT2D eigenvalue weighted by molar-refractivity contribution is 0.488. The van der Waals surface area contributed by atoms with Gasteiger partial charge in [0, 0.05) is 36.4 Å². The molecule has 0 amide bonds. The van der Waals surface area contributed by atoms with Crippen molar-refractivity contribution in [2.45, 2.75) is 32.2 Å². The molecule has 0 aliphatic heterocycles. The van der Waals surface area contributed by atoms with Crippen LogP contribution in [0.1, 0.15) is 37.2 Å². The molecular formula is C16H21BrFN3. The molecule has 0 aliphatic carbocycles. The fraction of sp³-hybridized carbons (Fsp3) is 0.438. The third kappa shape index (κ3) is 4.64. The van der Waals surface area contributed by atoms with Gasteiger partial charge in [0.1, 0.15) is 11.6 Å². The maximum atomic E-state index is 13.6. The van der Waals surface area contributed by atoms with Gasteiger partial charge in [-0.15, -0.1) is 0 Å². The molecule has 2 aromatic rings. The quantitative estimate of drug-likeness (QED) is 0.815. The summed E-state index contributed by atoms with van der Waals surface area (Å²) in [6.07, 6.45) is 6.56. The number of aromatic nitrogens is 2. The van der Waals surface area contributed by atoms with Crippen molar-refractivity contribution in [3.63, 3.8) is 0 Å². The summed E-state index contributed by atoms with van der Waals surface area (Å²) in [6, 6.07) is 5.21. The van der Waals surface area contributed by atoms with Crippen molar-refractivity contribution in [3.05, 3.63) is 52.3 Å². The number of nitrogens with zero attached hydrogens (tertiary/aromatic N) is 2. The van der Waals surface area contributed by atoms with Gasteiger partial charge in [-0.3, -0.25) is 0 Å². The molecule has 2 rings (SSSR count). The number of nitrogens with one attached hydrogen (secondary N) is 1. The van der Waals surface area contributed by atoms with E-state index >= 15 is 0 Å². The minimum absolute atomic E-state index is 0.133. The van der Waals surface area contributed by atoms with Gasteiger partial charge in [-0.05, 0) is 43.1 Å². The number of benzene rings is 1. The van der Waals surface area contributed by atoms with Gasteiger partial charge in [0.25, 0.3) is 0 Å². The van der Waals surface area contributed by atoms with Gasteiger partial charge in [0.05, 0.1) is 0 Å². The van der Waals surface area contributed by atoms with Crippen LogP contribution < -0.4 is 5.32 Å². The fourth-order valence-corrected chi connectivity index (χ4v) is 2.88. The van der Waals surface area contributed by atoms with Crippen LogP contribution in [-0.2, 0) is 13.5 Å². The molecule has 0 bridgehead atoms. The average molecular weight is 354 g/mol. The molecule has 0 fully saturated rings. The summed E-state index contributed by atoms with van der Waals surface area (Å²) in [5.41, 5.74) is 0.976. The highest BCUT2D eigenvalue weighted by Crippen LogP contribution is 2.24. The molecule has 1 N–H and O–H groups in total. The van der Waals surface area contributed by atoms with Crippen LogP contribution in [0, 0.1) is 5.82 Å². The minimum atomic E-state index is -0.209. The van der Waals surface area contributed by atoms with Crippen LogP contribution in [0.2, 0.25) is 0 Å². The third-order valence-electron chi connectivity index (χ3n) is 3.51. The van der Waals surface area contributed by atoms with Gasteiger partial charge in [-0.1, -0.05) is 22.9 Å². The number of rotatable bonds is 7. The Bertz CT molecular complexity index is 562. The van der Waals surface area contributed by atoms with Gasteiger partial charge in [-0.25, -0.2) is 9.37 Å². The Kier molecular flexibility index (Phi) is 5.94. The maximum absolute atomic E-state index is 13.6. The SMILES string of the molecule is CCCNC(CCc1nccn1C)c1cc(F)cc(Br)c1. The third-order valence-corrected chi connectivity index (χ3v) is 3.96. The monoisotopic (exact) mass is 353 g/mol. The first-order chi connectivity index (χ1) is 10.1. The van der Waals surface area contributed by atoms with Crippen LogP contribution in [0.4, 0.5) is 4.39 Å². The largest absolute Gasteiger partial charge is 0.338 e. The summed E-state index contributed by atoms with van der Waals surface area (Å²) >= 11 is 3.37. The maximum Gasteiger partial charge on any atom is 0.124 e. The highest BCUT2D eigenvalue weighted by atomic mass is 79.9. The van der Waals surface area contributed by atoms with Crippen LogP contribution in [-0.4, -0.2) is 16.1 Å². The van der Waals surface area contributed by atoms with Gasteiger partial charge in [-0.2, -0.15) is 0 Å². The van der Waals surface area contributed by atoms with Crippen molar-refractivity contribution in [1.29, 1.82) is 0 Å². The van der Waals surface area contributed by atoms with Crippen molar-refractivity contribution >= 4 is 15.9 Å². The molecule has 1 unspecified atom stereocenters. The molecule has 1 heterocycles. The van der Waals surface area contributed by atoms with E-state index in [0.717, 1.165) is 41.7 Å². The van der Waals surface area contributed by atoms with Crippen molar-refractivity contribution in [1.82, 2.24) is 14.9 Å². The van der Waals surface area contributed by atoms with E-state index in [-0.39, 0.29) is 11.9 Å². The smallest absolute Gasteiger partial charge is 0.124 e. The Morgan fingerprint density at radius 3 is 2.81 bits per heavy atom. The standard InChI is InChI=1S/C16H21BrFN3/c1-3-6-19-15(4-5-16-20-7-8-21(16)2)12-9-13(17)11-14(18)10-12/h7-11,15,19H,3-6H2,1-2H3.